The van der Waals surface area contributed by atoms with Crippen molar-refractivity contribution in [2.24, 2.45) is 5.41 Å². The van der Waals surface area contributed by atoms with Gasteiger partial charge in [-0.25, -0.2) is 0 Å². The number of unbranched alkanes of at least 4 members (excludes halogenated alkanes) is 8. The van der Waals surface area contributed by atoms with Gasteiger partial charge in [-0.1, -0.05) is 186 Å². The van der Waals surface area contributed by atoms with Crippen LogP contribution in [0.15, 0.2) is 108 Å². The van der Waals surface area contributed by atoms with Gasteiger partial charge in [0.15, 0.2) is 0 Å². The highest BCUT2D eigenvalue weighted by molar-refractivity contribution is 5.87. The molecule has 1 unspecified atom stereocenters. The molecule has 3 aromatic rings. The van der Waals surface area contributed by atoms with E-state index < -0.39 is 0 Å². The van der Waals surface area contributed by atoms with Crippen LogP contribution in [0.4, 0.5) is 17.1 Å². The predicted molar refractivity (Wildman–Crippen MR) is 256 cm³/mol. The van der Waals surface area contributed by atoms with Gasteiger partial charge in [-0.2, -0.15) is 0 Å². The first kappa shape index (κ1) is 44.0. The van der Waals surface area contributed by atoms with Crippen LogP contribution < -0.4 is 4.90 Å². The van der Waals surface area contributed by atoms with Crippen molar-refractivity contribution in [3.05, 3.63) is 131 Å². The zero-order valence-corrected chi connectivity index (χ0v) is 38.2. The molecule has 3 aliphatic rings. The third-order valence-electron chi connectivity index (χ3n) is 15.6. The van der Waals surface area contributed by atoms with Crippen molar-refractivity contribution in [3.63, 3.8) is 0 Å². The molecule has 1 atom stereocenters. The summed E-state index contributed by atoms with van der Waals surface area (Å²) in [7, 11) is 0. The molecule has 0 aliphatic heterocycles. The van der Waals surface area contributed by atoms with Gasteiger partial charge in [0, 0.05) is 28.4 Å². The van der Waals surface area contributed by atoms with Crippen molar-refractivity contribution >= 4 is 22.6 Å². The summed E-state index contributed by atoms with van der Waals surface area (Å²) < 4.78 is 0. The van der Waals surface area contributed by atoms with Gasteiger partial charge < -0.3 is 4.90 Å². The molecule has 3 aliphatic carbocycles. The van der Waals surface area contributed by atoms with Crippen LogP contribution in [0.3, 0.4) is 0 Å². The van der Waals surface area contributed by atoms with Crippen molar-refractivity contribution < 1.29 is 0 Å². The maximum atomic E-state index is 2.79. The van der Waals surface area contributed by atoms with E-state index in [-0.39, 0.29) is 16.2 Å². The van der Waals surface area contributed by atoms with E-state index in [2.05, 4.69) is 157 Å². The second-order valence-corrected chi connectivity index (χ2v) is 18.9. The van der Waals surface area contributed by atoms with Crippen LogP contribution in [-0.4, -0.2) is 0 Å². The number of allylic oxidation sites excluding steroid dienone is 8. The standard InChI is InChI=1S/C57H79N/c1-9-15-17-19-24-39-57(40-25-20-18-16-10-2)53-42-47(56(8,13-5)14-6)33-37-51(53)52-38-36-50(43-54(52)57)58(48-34-31-46(32-35-48)55(7,11-3)12-4)49-30-26-29-45(41-49)44-27-22-21-23-28-44/h21-23,26-27,29-32,34-36,38,41-44H,9-20,24-25,28,33,37,39-40H2,1-8H3. The first-order valence-corrected chi connectivity index (χ1v) is 24.1. The summed E-state index contributed by atoms with van der Waals surface area (Å²) in [6.07, 6.45) is 35.9. The minimum absolute atomic E-state index is 0.0633. The molecule has 0 fully saturated rings. The Morgan fingerprint density at radius 1 is 0.621 bits per heavy atom. The molecule has 0 bridgehead atoms. The van der Waals surface area contributed by atoms with E-state index in [0.29, 0.717) is 5.92 Å². The molecule has 0 heterocycles. The highest BCUT2D eigenvalue weighted by Gasteiger charge is 2.45. The van der Waals surface area contributed by atoms with E-state index in [0.717, 1.165) is 19.3 Å². The lowest BCUT2D eigenvalue weighted by molar-refractivity contribution is 0.350. The fraction of sp³-hybridized carbons (Fsp3) is 0.544. The van der Waals surface area contributed by atoms with Crippen molar-refractivity contribution in [2.75, 3.05) is 4.90 Å². The van der Waals surface area contributed by atoms with Crippen LogP contribution >= 0.6 is 0 Å². The van der Waals surface area contributed by atoms with Gasteiger partial charge >= 0.3 is 0 Å². The average Bonchev–Trinajstić information content (AvgIpc) is 3.54. The molecule has 0 aromatic heterocycles. The Labute approximate surface area is 356 Å². The Bertz CT molecular complexity index is 1890. The summed E-state index contributed by atoms with van der Waals surface area (Å²) >= 11 is 0. The SMILES string of the molecule is CCCCCCCC1(CCCCCCC)C2=C(CCC(C(C)(CC)CC)=C2)c2ccc(N(c3ccc(C(C)(CC)CC)cc3)c3cccc(C4C=CC=CC4)c3)cc21. The summed E-state index contributed by atoms with van der Waals surface area (Å²) in [5, 5.41) is 0. The first-order chi connectivity index (χ1) is 28.2. The zero-order chi connectivity index (χ0) is 41.2. The van der Waals surface area contributed by atoms with Gasteiger partial charge in [-0.05, 0) is 138 Å². The monoisotopic (exact) mass is 778 g/mol. The number of fused-ring (bicyclic) bond motifs is 2. The molecule has 0 saturated heterocycles. The number of rotatable bonds is 22. The topological polar surface area (TPSA) is 3.24 Å². The van der Waals surface area contributed by atoms with Crippen molar-refractivity contribution in [3.8, 4) is 0 Å². The van der Waals surface area contributed by atoms with Crippen LogP contribution in [0.25, 0.3) is 5.57 Å². The molecular formula is C57H79N. The van der Waals surface area contributed by atoms with E-state index in [1.54, 1.807) is 27.8 Å². The summed E-state index contributed by atoms with van der Waals surface area (Å²) in [6, 6.07) is 26.8. The highest BCUT2D eigenvalue weighted by Crippen LogP contribution is 2.58. The van der Waals surface area contributed by atoms with E-state index >= 15 is 0 Å². The second kappa shape index (κ2) is 20.1. The minimum atomic E-state index is 0.0633. The molecule has 3 aromatic carbocycles. The van der Waals surface area contributed by atoms with E-state index in [1.807, 2.05) is 0 Å². The smallest absolute Gasteiger partial charge is 0.0465 e. The van der Waals surface area contributed by atoms with Gasteiger partial charge in [0.1, 0.15) is 0 Å². The number of nitrogens with zero attached hydrogens (tertiary/aromatic N) is 1. The van der Waals surface area contributed by atoms with Crippen LogP contribution in [-0.2, 0) is 10.8 Å². The van der Waals surface area contributed by atoms with Crippen molar-refractivity contribution in [1.82, 2.24) is 0 Å². The average molecular weight is 778 g/mol. The highest BCUT2D eigenvalue weighted by atomic mass is 15.1. The van der Waals surface area contributed by atoms with E-state index in [9.17, 15) is 0 Å². The molecule has 1 nitrogen and oxygen atoms in total. The molecule has 0 spiro atoms. The Kier molecular flexibility index (Phi) is 15.3. The van der Waals surface area contributed by atoms with Crippen molar-refractivity contribution in [2.45, 2.75) is 194 Å². The van der Waals surface area contributed by atoms with Gasteiger partial charge in [-0.3, -0.25) is 0 Å². The molecule has 0 radical (unpaired) electrons. The van der Waals surface area contributed by atoms with E-state index in [1.165, 1.54) is 131 Å². The molecule has 0 N–H and O–H groups in total. The number of hydrogen-bond acceptors (Lipinski definition) is 1. The zero-order valence-electron chi connectivity index (χ0n) is 38.2. The summed E-state index contributed by atoms with van der Waals surface area (Å²) in [4.78, 5) is 2.59. The molecular weight excluding hydrogens is 699 g/mol. The largest absolute Gasteiger partial charge is 0.310 e. The lowest BCUT2D eigenvalue weighted by Crippen LogP contribution is -2.28. The number of benzene rings is 3. The normalized spacial score (nSPS) is 17.4. The quantitative estimate of drug-likeness (QED) is 0.0919. The fourth-order valence-corrected chi connectivity index (χ4v) is 10.7. The van der Waals surface area contributed by atoms with Crippen LogP contribution in [0.5, 0.6) is 0 Å². The Hall–Kier alpha value is -3.58. The Balaban J connectivity index is 1.52. The third-order valence-corrected chi connectivity index (χ3v) is 15.6. The van der Waals surface area contributed by atoms with Gasteiger partial charge in [0.05, 0.1) is 0 Å². The second-order valence-electron chi connectivity index (χ2n) is 18.9. The van der Waals surface area contributed by atoms with Crippen LogP contribution in [0, 0.1) is 5.41 Å². The maximum absolute atomic E-state index is 2.79. The van der Waals surface area contributed by atoms with Gasteiger partial charge in [-0.15, -0.1) is 0 Å². The minimum Gasteiger partial charge on any atom is -0.310 e. The van der Waals surface area contributed by atoms with Crippen molar-refractivity contribution in [1.29, 1.82) is 0 Å². The molecule has 6 rings (SSSR count). The summed E-state index contributed by atoms with van der Waals surface area (Å²) in [5.41, 5.74) is 15.4. The van der Waals surface area contributed by atoms with Crippen LogP contribution in [0.2, 0.25) is 0 Å². The fourth-order valence-electron chi connectivity index (χ4n) is 10.7. The molecule has 312 valence electrons. The molecule has 58 heavy (non-hydrogen) atoms. The van der Waals surface area contributed by atoms with Gasteiger partial charge in [0.25, 0.3) is 0 Å². The summed E-state index contributed by atoms with van der Waals surface area (Å²) in [5.74, 6) is 0.408. The van der Waals surface area contributed by atoms with Gasteiger partial charge in [0.2, 0.25) is 0 Å². The maximum Gasteiger partial charge on any atom is 0.0465 e. The number of anilines is 3. The third kappa shape index (κ3) is 9.25. The molecule has 0 amide bonds. The Morgan fingerprint density at radius 3 is 1.84 bits per heavy atom. The first-order valence-electron chi connectivity index (χ1n) is 24.1. The molecule has 1 heteroatoms. The van der Waals surface area contributed by atoms with E-state index in [4.69, 9.17) is 0 Å². The lowest BCUT2D eigenvalue weighted by Gasteiger charge is -2.38. The van der Waals surface area contributed by atoms with Crippen LogP contribution in [0.1, 0.15) is 206 Å². The summed E-state index contributed by atoms with van der Waals surface area (Å²) in [6.45, 7) is 19.2. The molecule has 0 saturated carbocycles. The number of hydrogen-bond donors (Lipinski definition) is 0. The predicted octanol–water partition coefficient (Wildman–Crippen LogP) is 18.1. The lowest BCUT2D eigenvalue weighted by atomic mass is 9.66. The Morgan fingerprint density at radius 2 is 1.24 bits per heavy atom.